The van der Waals surface area contributed by atoms with Crippen LogP contribution in [-0.4, -0.2) is 34.1 Å². The average Bonchev–Trinajstić information content (AvgIpc) is 2.28. The van der Waals surface area contributed by atoms with E-state index in [9.17, 15) is 14.9 Å². The first-order valence-corrected chi connectivity index (χ1v) is 6.46. The van der Waals surface area contributed by atoms with E-state index < -0.39 is 16.8 Å². The van der Waals surface area contributed by atoms with Crippen LogP contribution in [0.25, 0.3) is 0 Å². The van der Waals surface area contributed by atoms with E-state index >= 15 is 0 Å². The fraction of sp³-hybridized carbons (Fsp3) is 0.455. The van der Waals surface area contributed by atoms with Crippen molar-refractivity contribution in [1.82, 2.24) is 4.98 Å². The molecular formula is C11H12BrN3O4. The largest absolute Gasteiger partial charge is 0.481 e. The quantitative estimate of drug-likeness (QED) is 0.669. The molecule has 1 N–H and O–H groups in total. The van der Waals surface area contributed by atoms with E-state index in [2.05, 4.69) is 20.9 Å². The van der Waals surface area contributed by atoms with Crippen LogP contribution < -0.4 is 4.90 Å². The van der Waals surface area contributed by atoms with Crippen LogP contribution in [0.4, 0.5) is 11.4 Å². The van der Waals surface area contributed by atoms with Gasteiger partial charge in [-0.2, -0.15) is 0 Å². The van der Waals surface area contributed by atoms with Gasteiger partial charge in [0.15, 0.2) is 0 Å². The maximum absolute atomic E-state index is 11.0. The van der Waals surface area contributed by atoms with E-state index in [1.807, 2.05) is 0 Å². The van der Waals surface area contributed by atoms with Gasteiger partial charge in [-0.3, -0.25) is 19.9 Å². The van der Waals surface area contributed by atoms with Gasteiger partial charge in [-0.15, -0.1) is 0 Å². The van der Waals surface area contributed by atoms with Crippen molar-refractivity contribution in [3.63, 3.8) is 0 Å². The Hall–Kier alpha value is -1.70. The molecule has 1 aromatic rings. The predicted octanol–water partition coefficient (Wildman–Crippen LogP) is 1.91. The van der Waals surface area contributed by atoms with Crippen molar-refractivity contribution in [3.8, 4) is 0 Å². The molecule has 0 amide bonds. The molecule has 0 radical (unpaired) electrons. The van der Waals surface area contributed by atoms with E-state index in [0.717, 1.165) is 0 Å². The normalized spacial score (nSPS) is 16.8. The number of carboxylic acid groups (broad SMARTS) is 1. The second-order valence-electron chi connectivity index (χ2n) is 4.54. The second-order valence-corrected chi connectivity index (χ2v) is 5.39. The lowest BCUT2D eigenvalue weighted by atomic mass is 9.86. The number of anilines is 1. The third-order valence-electron chi connectivity index (χ3n) is 3.37. The van der Waals surface area contributed by atoms with E-state index in [-0.39, 0.29) is 11.6 Å². The molecule has 0 aliphatic carbocycles. The number of hydrogen-bond acceptors (Lipinski definition) is 5. The van der Waals surface area contributed by atoms with Crippen molar-refractivity contribution in [2.45, 2.75) is 6.92 Å². The van der Waals surface area contributed by atoms with Crippen molar-refractivity contribution in [2.75, 3.05) is 18.0 Å². The van der Waals surface area contributed by atoms with Gasteiger partial charge < -0.3 is 10.0 Å². The molecule has 1 aliphatic rings. The van der Waals surface area contributed by atoms with Crippen LogP contribution in [-0.2, 0) is 4.79 Å². The topological polar surface area (TPSA) is 96.6 Å². The molecule has 102 valence electrons. The first kappa shape index (κ1) is 13.7. The Morgan fingerprint density at radius 1 is 1.63 bits per heavy atom. The highest BCUT2D eigenvalue weighted by atomic mass is 79.9. The minimum Gasteiger partial charge on any atom is -0.481 e. The number of nitrogens with zero attached hydrogens (tertiary/aromatic N) is 3. The molecular weight excluding hydrogens is 318 g/mol. The molecule has 1 aliphatic heterocycles. The van der Waals surface area contributed by atoms with Gasteiger partial charge in [0.05, 0.1) is 15.3 Å². The minimum absolute atomic E-state index is 0.0113. The van der Waals surface area contributed by atoms with Gasteiger partial charge in [0.1, 0.15) is 11.9 Å². The number of aliphatic carboxylic acids is 1. The summed E-state index contributed by atoms with van der Waals surface area (Å²) in [6.45, 7) is 2.65. The second kappa shape index (κ2) is 5.12. The fourth-order valence-corrected chi connectivity index (χ4v) is 2.65. The summed E-state index contributed by atoms with van der Waals surface area (Å²) in [5.41, 5.74) is 0.393. The van der Waals surface area contributed by atoms with Crippen LogP contribution in [0.2, 0.25) is 0 Å². The summed E-state index contributed by atoms with van der Waals surface area (Å²) in [4.78, 5) is 26.9. The van der Waals surface area contributed by atoms with Gasteiger partial charge in [-0.05, 0) is 15.9 Å². The highest BCUT2D eigenvalue weighted by molar-refractivity contribution is 9.10. The number of halogens is 1. The van der Waals surface area contributed by atoms with E-state index in [4.69, 9.17) is 5.11 Å². The summed E-state index contributed by atoms with van der Waals surface area (Å²) < 4.78 is 0.545. The third kappa shape index (κ3) is 2.53. The lowest BCUT2D eigenvalue weighted by Gasteiger charge is -2.42. The molecule has 7 nitrogen and oxygen atoms in total. The Morgan fingerprint density at radius 2 is 2.26 bits per heavy atom. The lowest BCUT2D eigenvalue weighted by Crippen LogP contribution is -2.51. The Balaban J connectivity index is 2.18. The standard InChI is InChI=1S/C11H12BrN3O4/c1-6(11(16)17)7-4-14(5-7)10-8(12)2-13-3-9(10)15(18)19/h2-3,6-7H,4-5H2,1H3,(H,16,17). The van der Waals surface area contributed by atoms with Gasteiger partial charge in [-0.25, -0.2) is 0 Å². The molecule has 0 bridgehead atoms. The highest BCUT2D eigenvalue weighted by Crippen LogP contribution is 2.39. The van der Waals surface area contributed by atoms with Crippen LogP contribution in [0, 0.1) is 22.0 Å². The maximum atomic E-state index is 11.0. The van der Waals surface area contributed by atoms with Crippen LogP contribution in [0.15, 0.2) is 16.9 Å². The summed E-state index contributed by atoms with van der Waals surface area (Å²) in [5.74, 6) is -1.28. The first-order chi connectivity index (χ1) is 8.91. The molecule has 1 unspecified atom stereocenters. The molecule has 2 heterocycles. The fourth-order valence-electron chi connectivity index (χ4n) is 2.08. The zero-order chi connectivity index (χ0) is 14.2. The number of nitro groups is 1. The predicted molar refractivity (Wildman–Crippen MR) is 71.1 cm³/mol. The molecule has 0 saturated carbocycles. The molecule has 1 aromatic heterocycles. The van der Waals surface area contributed by atoms with Crippen LogP contribution in [0.3, 0.4) is 0 Å². The van der Waals surface area contributed by atoms with E-state index in [1.54, 1.807) is 11.8 Å². The van der Waals surface area contributed by atoms with Crippen molar-refractivity contribution >= 4 is 33.3 Å². The molecule has 2 rings (SSSR count). The molecule has 8 heteroatoms. The highest BCUT2D eigenvalue weighted by Gasteiger charge is 2.38. The number of pyridine rings is 1. The minimum atomic E-state index is -0.840. The molecule has 1 fully saturated rings. The van der Waals surface area contributed by atoms with Crippen LogP contribution in [0.1, 0.15) is 6.92 Å². The third-order valence-corrected chi connectivity index (χ3v) is 3.95. The van der Waals surface area contributed by atoms with Crippen molar-refractivity contribution in [3.05, 3.63) is 27.0 Å². The van der Waals surface area contributed by atoms with Gasteiger partial charge in [0.2, 0.25) is 0 Å². The SMILES string of the molecule is CC(C(=O)O)C1CN(c2c(Br)cncc2[N+](=O)[O-])C1. The van der Waals surface area contributed by atoms with Crippen molar-refractivity contribution < 1.29 is 14.8 Å². The average molecular weight is 330 g/mol. The molecule has 1 atom stereocenters. The Kier molecular flexibility index (Phi) is 3.70. The number of carbonyl (C=O) groups is 1. The first-order valence-electron chi connectivity index (χ1n) is 5.67. The molecule has 0 aromatic carbocycles. The van der Waals surface area contributed by atoms with Crippen molar-refractivity contribution in [2.24, 2.45) is 11.8 Å². The van der Waals surface area contributed by atoms with E-state index in [1.165, 1.54) is 12.4 Å². The number of carboxylic acids is 1. The summed E-state index contributed by atoms with van der Waals surface area (Å²) >= 11 is 3.25. The smallest absolute Gasteiger partial charge is 0.311 e. The monoisotopic (exact) mass is 329 g/mol. The van der Waals surface area contributed by atoms with Crippen LogP contribution in [0.5, 0.6) is 0 Å². The Morgan fingerprint density at radius 3 is 2.79 bits per heavy atom. The van der Waals surface area contributed by atoms with Gasteiger partial charge in [-0.1, -0.05) is 6.92 Å². The van der Waals surface area contributed by atoms with E-state index in [0.29, 0.717) is 23.2 Å². The molecule has 19 heavy (non-hydrogen) atoms. The number of hydrogen-bond donors (Lipinski definition) is 1. The van der Waals surface area contributed by atoms with Crippen molar-refractivity contribution in [1.29, 1.82) is 0 Å². The van der Waals surface area contributed by atoms with Gasteiger partial charge >= 0.3 is 11.7 Å². The van der Waals surface area contributed by atoms with Gasteiger partial charge in [0, 0.05) is 25.2 Å². The summed E-state index contributed by atoms with van der Waals surface area (Å²) in [6.07, 6.45) is 2.70. The van der Waals surface area contributed by atoms with Gasteiger partial charge in [0.25, 0.3) is 0 Å². The molecule has 1 saturated heterocycles. The molecule has 0 spiro atoms. The zero-order valence-corrected chi connectivity index (χ0v) is 11.7. The number of rotatable bonds is 4. The zero-order valence-electron chi connectivity index (χ0n) is 10.1. The lowest BCUT2D eigenvalue weighted by molar-refractivity contribution is -0.384. The number of aromatic nitrogens is 1. The maximum Gasteiger partial charge on any atom is 0.311 e. The van der Waals surface area contributed by atoms with Crippen LogP contribution >= 0.6 is 15.9 Å². The Bertz CT molecular complexity index is 531. The summed E-state index contributed by atoms with van der Waals surface area (Å²) in [6, 6.07) is 0. The summed E-state index contributed by atoms with van der Waals surface area (Å²) in [7, 11) is 0. The Labute approximate surface area is 117 Å². The summed E-state index contributed by atoms with van der Waals surface area (Å²) in [5, 5.41) is 19.9.